The first-order chi connectivity index (χ1) is 8.99. The highest BCUT2D eigenvalue weighted by atomic mass is 35.5. The van der Waals surface area contributed by atoms with E-state index in [1.165, 1.54) is 25.3 Å². The summed E-state index contributed by atoms with van der Waals surface area (Å²) < 4.78 is 9.64. The highest BCUT2D eigenvalue weighted by Gasteiger charge is 2.17. The van der Waals surface area contributed by atoms with E-state index < -0.39 is 12.1 Å². The van der Waals surface area contributed by atoms with Crippen molar-refractivity contribution in [3.63, 3.8) is 0 Å². The Morgan fingerprint density at radius 1 is 1.53 bits per heavy atom. The first-order valence-electron chi connectivity index (χ1n) is 5.15. The number of rotatable bonds is 5. The molecule has 1 aromatic rings. The SMILES string of the molecule is C=CCOC(=O)Nc1cc(OC)cc(C(=O)O)c1Cl. The van der Waals surface area contributed by atoms with Crippen molar-refractivity contribution in [2.45, 2.75) is 0 Å². The van der Waals surface area contributed by atoms with Crippen LogP contribution in [0.25, 0.3) is 0 Å². The summed E-state index contributed by atoms with van der Waals surface area (Å²) in [6.07, 6.45) is 0.626. The molecule has 0 aliphatic heterocycles. The number of carbonyl (C=O) groups is 2. The number of aromatic carboxylic acids is 1. The van der Waals surface area contributed by atoms with Gasteiger partial charge in [-0.25, -0.2) is 9.59 Å². The molecule has 0 spiro atoms. The minimum absolute atomic E-state index is 0.0270. The average Bonchev–Trinajstić information content (AvgIpc) is 2.38. The molecule has 0 saturated heterocycles. The summed E-state index contributed by atoms with van der Waals surface area (Å²) in [6, 6.07) is 2.65. The smallest absolute Gasteiger partial charge is 0.411 e. The number of hydrogen-bond donors (Lipinski definition) is 2. The summed E-state index contributed by atoms with van der Waals surface area (Å²) in [5.74, 6) is -0.979. The van der Waals surface area contributed by atoms with Crippen molar-refractivity contribution >= 4 is 29.4 Å². The Morgan fingerprint density at radius 3 is 2.74 bits per heavy atom. The molecule has 0 fully saturated rings. The second kappa shape index (κ2) is 6.65. The number of carboxylic acid groups (broad SMARTS) is 1. The molecule has 0 bridgehead atoms. The normalized spacial score (nSPS) is 9.58. The number of nitrogens with one attached hydrogen (secondary N) is 1. The van der Waals surface area contributed by atoms with E-state index in [0.29, 0.717) is 0 Å². The van der Waals surface area contributed by atoms with Crippen LogP contribution in [0.5, 0.6) is 5.75 Å². The number of carboxylic acids is 1. The number of carbonyl (C=O) groups excluding carboxylic acids is 1. The Morgan fingerprint density at radius 2 is 2.21 bits per heavy atom. The molecule has 2 N–H and O–H groups in total. The molecule has 102 valence electrons. The lowest BCUT2D eigenvalue weighted by atomic mass is 10.2. The molecular formula is C12H12ClNO5. The van der Waals surface area contributed by atoms with Crippen molar-refractivity contribution in [1.29, 1.82) is 0 Å². The van der Waals surface area contributed by atoms with Crippen molar-refractivity contribution in [2.24, 2.45) is 0 Å². The standard InChI is InChI=1S/C12H12ClNO5/c1-3-4-19-12(17)14-9-6-7(18-2)5-8(10(9)13)11(15)16/h3,5-6H,1,4H2,2H3,(H,14,17)(H,15,16). The molecule has 0 radical (unpaired) electrons. The van der Waals surface area contributed by atoms with Gasteiger partial charge in [-0.1, -0.05) is 24.3 Å². The molecule has 0 heterocycles. The van der Waals surface area contributed by atoms with Gasteiger partial charge in [0.25, 0.3) is 0 Å². The number of halogens is 1. The van der Waals surface area contributed by atoms with E-state index in [0.717, 1.165) is 0 Å². The van der Waals surface area contributed by atoms with Gasteiger partial charge in [0.1, 0.15) is 12.4 Å². The van der Waals surface area contributed by atoms with Crippen LogP contribution in [0.1, 0.15) is 10.4 Å². The second-order valence-corrected chi connectivity index (χ2v) is 3.73. The molecule has 7 heteroatoms. The van der Waals surface area contributed by atoms with Gasteiger partial charge in [0, 0.05) is 6.07 Å². The lowest BCUT2D eigenvalue weighted by molar-refractivity contribution is 0.0696. The molecule has 0 aromatic heterocycles. The first-order valence-corrected chi connectivity index (χ1v) is 5.53. The van der Waals surface area contributed by atoms with Gasteiger partial charge in [0.05, 0.1) is 23.4 Å². The van der Waals surface area contributed by atoms with Crippen LogP contribution in [-0.2, 0) is 4.74 Å². The van der Waals surface area contributed by atoms with Crippen molar-refractivity contribution < 1.29 is 24.2 Å². The molecule has 0 atom stereocenters. The first kappa shape index (κ1) is 14.8. The third-order valence-electron chi connectivity index (χ3n) is 2.08. The van der Waals surface area contributed by atoms with Crippen molar-refractivity contribution in [2.75, 3.05) is 19.0 Å². The summed E-state index contributed by atoms with van der Waals surface area (Å²) in [4.78, 5) is 22.4. The molecular weight excluding hydrogens is 274 g/mol. The molecule has 0 aliphatic rings. The zero-order valence-corrected chi connectivity index (χ0v) is 10.9. The van der Waals surface area contributed by atoms with Gasteiger partial charge in [0.15, 0.2) is 0 Å². The monoisotopic (exact) mass is 285 g/mol. The fourth-order valence-electron chi connectivity index (χ4n) is 1.24. The number of ether oxygens (including phenoxy) is 2. The zero-order valence-electron chi connectivity index (χ0n) is 10.1. The van der Waals surface area contributed by atoms with Crippen LogP contribution in [0.2, 0.25) is 5.02 Å². The van der Waals surface area contributed by atoms with Gasteiger partial charge >= 0.3 is 12.1 Å². The van der Waals surface area contributed by atoms with Crippen LogP contribution < -0.4 is 10.1 Å². The Hall–Kier alpha value is -2.21. The summed E-state index contributed by atoms with van der Waals surface area (Å²) in [5, 5.41) is 11.2. The molecule has 1 rings (SSSR count). The van der Waals surface area contributed by atoms with E-state index in [4.69, 9.17) is 26.2 Å². The Labute approximate surface area is 114 Å². The van der Waals surface area contributed by atoms with Crippen LogP contribution in [0, 0.1) is 0 Å². The molecule has 0 saturated carbocycles. The van der Waals surface area contributed by atoms with Crippen molar-refractivity contribution in [1.82, 2.24) is 0 Å². The minimum atomic E-state index is -1.23. The van der Waals surface area contributed by atoms with Gasteiger partial charge in [-0.3, -0.25) is 5.32 Å². The van der Waals surface area contributed by atoms with E-state index in [1.54, 1.807) is 0 Å². The Balaban J connectivity index is 3.05. The predicted molar refractivity (Wildman–Crippen MR) is 70.1 cm³/mol. The summed E-state index contributed by atoms with van der Waals surface area (Å²) in [6.45, 7) is 3.42. The second-order valence-electron chi connectivity index (χ2n) is 3.35. The highest BCUT2D eigenvalue weighted by molar-refractivity contribution is 6.36. The molecule has 1 amide bonds. The zero-order chi connectivity index (χ0) is 14.4. The van der Waals surface area contributed by atoms with Crippen LogP contribution in [0.4, 0.5) is 10.5 Å². The van der Waals surface area contributed by atoms with E-state index in [2.05, 4.69) is 11.9 Å². The fourth-order valence-corrected chi connectivity index (χ4v) is 1.48. The van der Waals surface area contributed by atoms with E-state index in [9.17, 15) is 9.59 Å². The van der Waals surface area contributed by atoms with Crippen LogP contribution >= 0.6 is 11.6 Å². The largest absolute Gasteiger partial charge is 0.497 e. The molecule has 0 unspecified atom stereocenters. The quantitative estimate of drug-likeness (QED) is 0.813. The van der Waals surface area contributed by atoms with Crippen molar-refractivity contribution in [3.05, 3.63) is 35.4 Å². The maximum Gasteiger partial charge on any atom is 0.411 e. The number of hydrogen-bond acceptors (Lipinski definition) is 4. The molecule has 19 heavy (non-hydrogen) atoms. The van der Waals surface area contributed by atoms with Crippen molar-refractivity contribution in [3.8, 4) is 5.75 Å². The van der Waals surface area contributed by atoms with E-state index in [-0.39, 0.29) is 28.6 Å². The molecule has 6 nitrogen and oxygen atoms in total. The third-order valence-corrected chi connectivity index (χ3v) is 2.49. The summed E-state index contributed by atoms with van der Waals surface area (Å²) in [5.41, 5.74) is -0.0903. The van der Waals surface area contributed by atoms with E-state index in [1.807, 2.05) is 0 Å². The lowest BCUT2D eigenvalue weighted by Gasteiger charge is -2.11. The highest BCUT2D eigenvalue weighted by Crippen LogP contribution is 2.31. The van der Waals surface area contributed by atoms with Gasteiger partial charge in [0.2, 0.25) is 0 Å². The maximum absolute atomic E-state index is 11.4. The summed E-state index contributed by atoms with van der Waals surface area (Å²) in [7, 11) is 1.37. The number of benzene rings is 1. The minimum Gasteiger partial charge on any atom is -0.497 e. The van der Waals surface area contributed by atoms with Gasteiger partial charge < -0.3 is 14.6 Å². The van der Waals surface area contributed by atoms with Gasteiger partial charge in [-0.05, 0) is 6.07 Å². The third kappa shape index (κ3) is 3.89. The Bertz CT molecular complexity index is 515. The van der Waals surface area contributed by atoms with Gasteiger partial charge in [-0.2, -0.15) is 0 Å². The van der Waals surface area contributed by atoms with Crippen LogP contribution in [0.3, 0.4) is 0 Å². The maximum atomic E-state index is 11.4. The average molecular weight is 286 g/mol. The Kier molecular flexibility index (Phi) is 5.20. The van der Waals surface area contributed by atoms with E-state index >= 15 is 0 Å². The fraction of sp³-hybridized carbons (Fsp3) is 0.167. The lowest BCUT2D eigenvalue weighted by Crippen LogP contribution is -2.15. The van der Waals surface area contributed by atoms with Crippen LogP contribution in [0.15, 0.2) is 24.8 Å². The number of anilines is 1. The molecule has 1 aromatic carbocycles. The van der Waals surface area contributed by atoms with Gasteiger partial charge in [-0.15, -0.1) is 0 Å². The predicted octanol–water partition coefficient (Wildman–Crippen LogP) is 2.78. The summed E-state index contributed by atoms with van der Waals surface area (Å²) >= 11 is 5.88. The van der Waals surface area contributed by atoms with Crippen LogP contribution in [-0.4, -0.2) is 30.9 Å². The topological polar surface area (TPSA) is 84.9 Å². The number of methoxy groups -OCH3 is 1. The number of amides is 1. The molecule has 0 aliphatic carbocycles.